The summed E-state index contributed by atoms with van der Waals surface area (Å²) in [5, 5.41) is 0. The number of aromatic nitrogens is 2. The molecule has 0 aromatic heterocycles. The Hall–Kier alpha value is -1.64. The molecule has 54 valence electrons. The molecule has 2 heterocycles. The van der Waals surface area contributed by atoms with Crippen molar-refractivity contribution in [3.63, 3.8) is 0 Å². The van der Waals surface area contributed by atoms with Gasteiger partial charge in [-0.1, -0.05) is 6.07 Å². The summed E-state index contributed by atoms with van der Waals surface area (Å²) in [6.45, 7) is 0. The van der Waals surface area contributed by atoms with Gasteiger partial charge in [-0.15, -0.1) is 0 Å². The second-order valence-corrected chi connectivity index (χ2v) is 2.28. The zero-order valence-electron chi connectivity index (χ0n) is 5.74. The van der Waals surface area contributed by atoms with Crippen LogP contribution in [0.5, 0.6) is 0 Å². The molecule has 0 bridgehead atoms. The van der Waals surface area contributed by atoms with E-state index in [1.807, 2.05) is 6.07 Å². The molecule has 3 heteroatoms. The van der Waals surface area contributed by atoms with Crippen LogP contribution in [0.25, 0.3) is 11.1 Å². The lowest BCUT2D eigenvalue weighted by molar-refractivity contribution is 1.27. The highest BCUT2D eigenvalue weighted by Gasteiger charge is 2.02. The number of fused-ring (bicyclic) bond motifs is 1. The van der Waals surface area contributed by atoms with Gasteiger partial charge in [0.2, 0.25) is 0 Å². The molecule has 2 aliphatic rings. The van der Waals surface area contributed by atoms with Crippen LogP contribution in [0.15, 0.2) is 35.5 Å². The second-order valence-electron chi connectivity index (χ2n) is 2.28. The maximum absolute atomic E-state index is 11.1. The predicted octanol–water partition coefficient (Wildman–Crippen LogP) is 0.875. The van der Waals surface area contributed by atoms with Gasteiger partial charge in [0.25, 0.3) is 5.56 Å². The topological polar surface area (TPSA) is 45.8 Å². The lowest BCUT2D eigenvalue weighted by Crippen LogP contribution is -2.02. The molecule has 0 atom stereocenters. The molecule has 0 saturated heterocycles. The van der Waals surface area contributed by atoms with Crippen molar-refractivity contribution in [2.24, 2.45) is 0 Å². The first kappa shape index (κ1) is 6.09. The molecule has 11 heavy (non-hydrogen) atoms. The van der Waals surface area contributed by atoms with Crippen molar-refractivity contribution < 1.29 is 0 Å². The number of rotatable bonds is 0. The van der Waals surface area contributed by atoms with E-state index in [1.54, 1.807) is 24.7 Å². The van der Waals surface area contributed by atoms with E-state index < -0.39 is 0 Å². The maximum atomic E-state index is 11.1. The van der Waals surface area contributed by atoms with Crippen molar-refractivity contribution in [2.75, 3.05) is 0 Å². The van der Waals surface area contributed by atoms with Gasteiger partial charge in [0, 0.05) is 24.2 Å². The molecular weight excluding hydrogens is 140 g/mol. The van der Waals surface area contributed by atoms with Crippen LogP contribution in [0.3, 0.4) is 0 Å². The number of H-pyrrole nitrogens is 1. The third-order valence-electron chi connectivity index (χ3n) is 1.56. The van der Waals surface area contributed by atoms with E-state index in [0.717, 1.165) is 5.56 Å². The standard InChI is InChI=1S/C8H6N2O/c11-8-7-5-9-4-6(7)2-1-3-10-8/h1-5H,(H,10,11). The van der Waals surface area contributed by atoms with Crippen molar-refractivity contribution in [3.05, 3.63) is 41.1 Å². The Morgan fingerprint density at radius 3 is 3.18 bits per heavy atom. The number of nitrogens with zero attached hydrogens (tertiary/aromatic N) is 1. The van der Waals surface area contributed by atoms with Crippen molar-refractivity contribution in [2.45, 2.75) is 0 Å². The van der Waals surface area contributed by atoms with E-state index in [-0.39, 0.29) is 5.56 Å². The molecular formula is C8H6N2O. The molecule has 0 saturated carbocycles. The van der Waals surface area contributed by atoms with Gasteiger partial charge in [-0.3, -0.25) is 9.78 Å². The fourth-order valence-corrected chi connectivity index (χ4v) is 1.01. The van der Waals surface area contributed by atoms with Crippen LogP contribution < -0.4 is 5.56 Å². The molecule has 1 N–H and O–H groups in total. The van der Waals surface area contributed by atoms with Gasteiger partial charge < -0.3 is 4.98 Å². The first-order chi connectivity index (χ1) is 5.38. The molecule has 3 nitrogen and oxygen atoms in total. The summed E-state index contributed by atoms with van der Waals surface area (Å²) in [7, 11) is 0. The number of nitrogens with one attached hydrogen (secondary N) is 1. The Balaban J connectivity index is 2.89. The average Bonchev–Trinajstić information content (AvgIpc) is 2.40. The number of hydrogen-bond donors (Lipinski definition) is 1. The fourth-order valence-electron chi connectivity index (χ4n) is 1.01. The van der Waals surface area contributed by atoms with Crippen molar-refractivity contribution in [1.29, 1.82) is 0 Å². The van der Waals surface area contributed by atoms with Crippen LogP contribution in [-0.2, 0) is 0 Å². The summed E-state index contributed by atoms with van der Waals surface area (Å²) in [5.41, 5.74) is 1.41. The Kier molecular flexibility index (Phi) is 1.22. The van der Waals surface area contributed by atoms with Gasteiger partial charge >= 0.3 is 0 Å². The minimum Gasteiger partial charge on any atom is -0.329 e. The normalized spacial score (nSPS) is 10.2. The average molecular weight is 146 g/mol. The molecule has 0 unspecified atom stereocenters. The summed E-state index contributed by atoms with van der Waals surface area (Å²) >= 11 is 0. The van der Waals surface area contributed by atoms with Gasteiger partial charge in [0.15, 0.2) is 0 Å². The van der Waals surface area contributed by atoms with Crippen molar-refractivity contribution in [1.82, 2.24) is 9.97 Å². The van der Waals surface area contributed by atoms with Crippen LogP contribution in [0.4, 0.5) is 0 Å². The molecule has 0 fully saturated rings. The first-order valence-electron chi connectivity index (χ1n) is 3.29. The van der Waals surface area contributed by atoms with E-state index >= 15 is 0 Å². The van der Waals surface area contributed by atoms with Crippen molar-refractivity contribution in [3.8, 4) is 11.1 Å². The van der Waals surface area contributed by atoms with E-state index in [1.165, 1.54) is 0 Å². The van der Waals surface area contributed by atoms with Crippen LogP contribution in [0.2, 0.25) is 0 Å². The van der Waals surface area contributed by atoms with E-state index in [2.05, 4.69) is 9.97 Å². The van der Waals surface area contributed by atoms with Gasteiger partial charge in [-0.05, 0) is 6.07 Å². The molecule has 0 aliphatic carbocycles. The van der Waals surface area contributed by atoms with E-state index in [0.29, 0.717) is 5.56 Å². The number of aromatic amines is 1. The molecule has 0 aromatic carbocycles. The summed E-state index contributed by atoms with van der Waals surface area (Å²) < 4.78 is 0. The Bertz CT molecular complexity index is 394. The van der Waals surface area contributed by atoms with Crippen LogP contribution in [0, 0.1) is 0 Å². The van der Waals surface area contributed by atoms with Gasteiger partial charge in [-0.2, -0.15) is 0 Å². The highest BCUT2D eigenvalue weighted by atomic mass is 16.1. The van der Waals surface area contributed by atoms with Gasteiger partial charge in [0.05, 0.1) is 5.56 Å². The van der Waals surface area contributed by atoms with Crippen molar-refractivity contribution >= 4 is 0 Å². The summed E-state index contributed by atoms with van der Waals surface area (Å²) in [4.78, 5) is 17.6. The minimum absolute atomic E-state index is 0.0949. The Morgan fingerprint density at radius 2 is 2.27 bits per heavy atom. The quantitative estimate of drug-likeness (QED) is 0.599. The molecule has 0 radical (unpaired) electrons. The SMILES string of the molecule is O=c1[nH]cccc2cncc1-2. The highest BCUT2D eigenvalue weighted by Crippen LogP contribution is 2.12. The van der Waals surface area contributed by atoms with E-state index in [9.17, 15) is 4.79 Å². The molecule has 2 rings (SSSR count). The summed E-state index contributed by atoms with van der Waals surface area (Å²) in [6, 6.07) is 3.63. The smallest absolute Gasteiger partial charge is 0.257 e. The predicted molar refractivity (Wildman–Crippen MR) is 41.5 cm³/mol. The van der Waals surface area contributed by atoms with Crippen LogP contribution in [0.1, 0.15) is 0 Å². The Morgan fingerprint density at radius 1 is 1.36 bits per heavy atom. The largest absolute Gasteiger partial charge is 0.329 e. The van der Waals surface area contributed by atoms with E-state index in [4.69, 9.17) is 0 Å². The van der Waals surface area contributed by atoms with Crippen LogP contribution in [-0.4, -0.2) is 9.97 Å². The minimum atomic E-state index is -0.0949. The third kappa shape index (κ3) is 0.902. The summed E-state index contributed by atoms with van der Waals surface area (Å²) in [5.74, 6) is 0. The molecule has 0 amide bonds. The summed E-state index contributed by atoms with van der Waals surface area (Å²) in [6.07, 6.45) is 4.85. The lowest BCUT2D eigenvalue weighted by Gasteiger charge is -1.82. The first-order valence-corrected chi connectivity index (χ1v) is 3.29. The fraction of sp³-hybridized carbons (Fsp3) is 0. The van der Waals surface area contributed by atoms with Gasteiger partial charge in [-0.25, -0.2) is 0 Å². The monoisotopic (exact) mass is 146 g/mol. The Labute approximate surface area is 63.1 Å². The molecule has 0 aromatic rings. The molecule has 2 aliphatic heterocycles. The zero-order chi connectivity index (χ0) is 7.68. The highest BCUT2D eigenvalue weighted by molar-refractivity contribution is 5.61. The molecule has 0 spiro atoms. The van der Waals surface area contributed by atoms with Gasteiger partial charge in [0.1, 0.15) is 0 Å². The zero-order valence-corrected chi connectivity index (χ0v) is 5.74. The lowest BCUT2D eigenvalue weighted by atomic mass is 10.2. The number of hydrogen-bond acceptors (Lipinski definition) is 2. The third-order valence-corrected chi connectivity index (χ3v) is 1.56. The second kappa shape index (κ2) is 2.20. The van der Waals surface area contributed by atoms with Crippen LogP contribution >= 0.6 is 0 Å². The maximum Gasteiger partial charge on any atom is 0.257 e.